The highest BCUT2D eigenvalue weighted by molar-refractivity contribution is 7.89. The summed E-state index contributed by atoms with van der Waals surface area (Å²) < 4.78 is 69.3. The minimum atomic E-state index is -3.91. The highest BCUT2D eigenvalue weighted by atomic mass is 35.5. The SMILES string of the molecule is CC1(C)NC(C23CC(N(Cc4ccc(Cl)c(F)c4)S(=O)(=O)c4ccccc4)(C2)C3)=N[C@H]1C(=O)CC1CC(C(F)F)C1. The number of benzene rings is 2. The van der Waals surface area contributed by atoms with Crippen molar-refractivity contribution in [1.82, 2.24) is 9.62 Å². The first kappa shape index (κ1) is 28.7. The highest BCUT2D eigenvalue weighted by Crippen LogP contribution is 2.71. The van der Waals surface area contributed by atoms with E-state index in [0.717, 1.165) is 5.84 Å². The van der Waals surface area contributed by atoms with E-state index in [1.54, 1.807) is 36.4 Å². The Balaban J connectivity index is 1.21. The molecule has 5 aliphatic rings. The number of nitrogens with one attached hydrogen (secondary N) is 1. The average Bonchev–Trinajstić information content (AvgIpc) is 3.16. The van der Waals surface area contributed by atoms with Gasteiger partial charge in [-0.15, -0.1) is 0 Å². The predicted molar refractivity (Wildman–Crippen MR) is 150 cm³/mol. The Morgan fingerprint density at radius 1 is 1.12 bits per heavy atom. The molecule has 0 spiro atoms. The fraction of sp³-hybridized carbons (Fsp3) is 0.533. The first-order valence-electron chi connectivity index (χ1n) is 13.9. The number of sulfonamides is 1. The molecular weight excluding hydrogens is 575 g/mol. The Hall–Kier alpha value is -2.43. The lowest BCUT2D eigenvalue weighted by Gasteiger charge is -2.73. The Morgan fingerprint density at radius 3 is 2.39 bits per heavy atom. The monoisotopic (exact) mass is 607 g/mol. The van der Waals surface area contributed by atoms with Crippen molar-refractivity contribution >= 4 is 33.2 Å². The van der Waals surface area contributed by atoms with E-state index in [0.29, 0.717) is 37.7 Å². The summed E-state index contributed by atoms with van der Waals surface area (Å²) in [4.78, 5) is 18.2. The number of hydrogen-bond donors (Lipinski definition) is 1. The van der Waals surface area contributed by atoms with Crippen molar-refractivity contribution in [2.75, 3.05) is 0 Å². The summed E-state index contributed by atoms with van der Waals surface area (Å²) in [5.74, 6) is -0.572. The molecule has 7 rings (SSSR count). The zero-order chi connectivity index (χ0) is 29.4. The van der Waals surface area contributed by atoms with Gasteiger partial charge in [-0.3, -0.25) is 9.79 Å². The first-order chi connectivity index (χ1) is 19.2. The number of Topliss-reactive ketones (excluding diaryl/α,β-unsaturated/α-hetero) is 1. The minimum Gasteiger partial charge on any atom is -0.366 e. The van der Waals surface area contributed by atoms with Crippen LogP contribution in [0.2, 0.25) is 5.02 Å². The predicted octanol–water partition coefficient (Wildman–Crippen LogP) is 5.99. The van der Waals surface area contributed by atoms with Crippen LogP contribution in [0, 0.1) is 23.1 Å². The van der Waals surface area contributed by atoms with Crippen molar-refractivity contribution in [3.05, 3.63) is 64.9 Å². The number of carbonyl (C=O) groups is 1. The molecule has 41 heavy (non-hydrogen) atoms. The molecule has 4 aliphatic carbocycles. The topological polar surface area (TPSA) is 78.8 Å². The molecule has 1 heterocycles. The first-order valence-corrected chi connectivity index (χ1v) is 15.8. The van der Waals surface area contributed by atoms with Crippen LogP contribution in [-0.2, 0) is 21.4 Å². The molecule has 0 amide bonds. The largest absolute Gasteiger partial charge is 0.366 e. The summed E-state index contributed by atoms with van der Waals surface area (Å²) in [7, 11) is -3.91. The fourth-order valence-corrected chi connectivity index (χ4v) is 9.17. The van der Waals surface area contributed by atoms with Gasteiger partial charge in [-0.2, -0.15) is 4.31 Å². The second kappa shape index (κ2) is 9.81. The van der Waals surface area contributed by atoms with Gasteiger partial charge in [-0.1, -0.05) is 35.9 Å². The average molecular weight is 608 g/mol. The van der Waals surface area contributed by atoms with Gasteiger partial charge in [0.05, 0.1) is 15.5 Å². The fourth-order valence-electron chi connectivity index (χ4n) is 7.28. The summed E-state index contributed by atoms with van der Waals surface area (Å²) in [6.07, 6.45) is 0.243. The number of alkyl halides is 2. The van der Waals surface area contributed by atoms with Gasteiger partial charge >= 0.3 is 0 Å². The van der Waals surface area contributed by atoms with Crippen LogP contribution in [0.5, 0.6) is 0 Å². The number of halogens is 4. The maximum absolute atomic E-state index is 14.3. The molecule has 2 bridgehead atoms. The van der Waals surface area contributed by atoms with Crippen LogP contribution in [0.1, 0.15) is 57.9 Å². The van der Waals surface area contributed by atoms with E-state index in [2.05, 4.69) is 5.32 Å². The van der Waals surface area contributed by atoms with E-state index in [4.69, 9.17) is 16.6 Å². The summed E-state index contributed by atoms with van der Waals surface area (Å²) in [5.41, 5.74) is -1.15. The third-order valence-electron chi connectivity index (χ3n) is 9.48. The van der Waals surface area contributed by atoms with Gasteiger partial charge in [0.15, 0.2) is 5.78 Å². The Morgan fingerprint density at radius 2 is 1.78 bits per heavy atom. The van der Waals surface area contributed by atoms with E-state index < -0.39 is 45.3 Å². The minimum absolute atomic E-state index is 0.00505. The highest BCUT2D eigenvalue weighted by Gasteiger charge is 2.75. The van der Waals surface area contributed by atoms with Crippen LogP contribution in [0.25, 0.3) is 0 Å². The van der Waals surface area contributed by atoms with E-state index in [1.807, 2.05) is 13.8 Å². The van der Waals surface area contributed by atoms with Gasteiger partial charge in [0.1, 0.15) is 17.7 Å². The van der Waals surface area contributed by atoms with Crippen molar-refractivity contribution in [3.8, 4) is 0 Å². The number of rotatable bonds is 10. The van der Waals surface area contributed by atoms with Crippen LogP contribution in [0.15, 0.2) is 58.4 Å². The number of aliphatic imine (C=N–C) groups is 1. The number of hydrogen-bond acceptors (Lipinski definition) is 5. The normalized spacial score (nSPS) is 31.6. The van der Waals surface area contributed by atoms with Gasteiger partial charge in [0, 0.05) is 29.8 Å². The van der Waals surface area contributed by atoms with Gasteiger partial charge in [0.2, 0.25) is 16.4 Å². The number of nitrogens with zero attached hydrogens (tertiary/aromatic N) is 2. The Labute approximate surface area is 243 Å². The van der Waals surface area contributed by atoms with Crippen molar-refractivity contribution < 1.29 is 26.4 Å². The molecule has 1 aliphatic heterocycles. The quantitative estimate of drug-likeness (QED) is 0.360. The van der Waals surface area contributed by atoms with E-state index >= 15 is 0 Å². The zero-order valence-electron chi connectivity index (χ0n) is 22.9. The molecule has 220 valence electrons. The van der Waals surface area contributed by atoms with Crippen LogP contribution < -0.4 is 5.32 Å². The molecule has 0 radical (unpaired) electrons. The third kappa shape index (κ3) is 4.79. The summed E-state index contributed by atoms with van der Waals surface area (Å²) in [6, 6.07) is 11.9. The molecule has 1 atom stereocenters. The molecule has 2 aromatic rings. The zero-order valence-corrected chi connectivity index (χ0v) is 24.5. The maximum Gasteiger partial charge on any atom is 0.243 e. The third-order valence-corrected chi connectivity index (χ3v) is 11.8. The standard InChI is InChI=1S/C30H33ClF3N3O3S/c1-28(2)25(24(38)13-19-10-20(11-19)26(33)34)35-27(36-28)29-15-30(16-29,17-29)37(14-18-8-9-22(31)23(32)12-18)41(39,40)21-6-4-3-5-7-21/h3-9,12,19-20,25-26H,10-11,13-17H2,1-2H3,(H,35,36)/t19?,20?,25-,29?,30?/m0/s1. The lowest BCUT2D eigenvalue weighted by atomic mass is 9.38. The Kier molecular flexibility index (Phi) is 6.86. The van der Waals surface area contributed by atoms with Crippen LogP contribution in [0.3, 0.4) is 0 Å². The lowest BCUT2D eigenvalue weighted by Crippen LogP contribution is -2.78. The van der Waals surface area contributed by atoms with Crippen LogP contribution in [0.4, 0.5) is 13.2 Å². The molecule has 1 N–H and O–H groups in total. The van der Waals surface area contributed by atoms with Crippen molar-refractivity contribution in [2.45, 2.75) is 87.4 Å². The van der Waals surface area contributed by atoms with Gasteiger partial charge in [-0.05, 0) is 81.7 Å². The molecule has 0 saturated heterocycles. The molecule has 6 nitrogen and oxygen atoms in total. The summed E-state index contributed by atoms with van der Waals surface area (Å²) in [5, 5.41) is 3.42. The molecule has 0 unspecified atom stereocenters. The van der Waals surface area contributed by atoms with E-state index in [9.17, 15) is 26.4 Å². The van der Waals surface area contributed by atoms with E-state index in [1.165, 1.54) is 16.4 Å². The van der Waals surface area contributed by atoms with Crippen molar-refractivity contribution in [3.63, 3.8) is 0 Å². The second-order valence-corrected chi connectivity index (χ2v) is 15.2. The summed E-state index contributed by atoms with van der Waals surface area (Å²) >= 11 is 5.86. The van der Waals surface area contributed by atoms with Gasteiger partial charge in [-0.25, -0.2) is 21.6 Å². The molecular formula is C30H33ClF3N3O3S. The number of ketones is 1. The Bertz CT molecular complexity index is 1490. The van der Waals surface area contributed by atoms with E-state index in [-0.39, 0.29) is 40.0 Å². The van der Waals surface area contributed by atoms with Crippen LogP contribution in [-0.4, -0.2) is 47.9 Å². The summed E-state index contributed by atoms with van der Waals surface area (Å²) in [6.45, 7) is 3.82. The lowest BCUT2D eigenvalue weighted by molar-refractivity contribution is -0.151. The molecule has 0 aromatic heterocycles. The number of carbonyl (C=O) groups excluding carboxylic acids is 1. The molecule has 4 fully saturated rings. The van der Waals surface area contributed by atoms with Gasteiger partial charge in [0.25, 0.3) is 0 Å². The van der Waals surface area contributed by atoms with Gasteiger partial charge < -0.3 is 5.32 Å². The number of amidine groups is 1. The molecule has 11 heteroatoms. The second-order valence-electron chi connectivity index (χ2n) is 12.9. The molecule has 4 saturated carbocycles. The van der Waals surface area contributed by atoms with Crippen LogP contribution >= 0.6 is 11.6 Å². The smallest absolute Gasteiger partial charge is 0.243 e. The van der Waals surface area contributed by atoms with Crippen molar-refractivity contribution in [1.29, 1.82) is 0 Å². The van der Waals surface area contributed by atoms with Crippen molar-refractivity contribution in [2.24, 2.45) is 22.2 Å². The molecule has 2 aromatic carbocycles. The maximum atomic E-state index is 14.3.